The SMILES string of the molecule is CCOC(=O)c1cc(O[Si](C)(C)C(C)(C)C)c(O[Si](C)(C)C(C)(C)C)cc1CSC. The molecule has 30 heavy (non-hydrogen) atoms. The molecule has 7 heteroatoms. The highest BCUT2D eigenvalue weighted by molar-refractivity contribution is 7.97. The first kappa shape index (κ1) is 27.1. The van der Waals surface area contributed by atoms with Gasteiger partial charge in [-0.2, -0.15) is 11.8 Å². The largest absolute Gasteiger partial charge is 0.541 e. The molecule has 0 radical (unpaired) electrons. The molecule has 0 unspecified atom stereocenters. The summed E-state index contributed by atoms with van der Waals surface area (Å²) in [5, 5.41) is 0.0873. The van der Waals surface area contributed by atoms with E-state index in [1.54, 1.807) is 11.8 Å². The lowest BCUT2D eigenvalue weighted by molar-refractivity contribution is 0.0525. The number of hydrogen-bond donors (Lipinski definition) is 0. The summed E-state index contributed by atoms with van der Waals surface area (Å²) < 4.78 is 18.7. The van der Waals surface area contributed by atoms with Crippen molar-refractivity contribution in [2.45, 2.75) is 90.5 Å². The topological polar surface area (TPSA) is 44.8 Å². The molecule has 0 saturated carbocycles. The fourth-order valence-electron chi connectivity index (χ4n) is 2.29. The van der Waals surface area contributed by atoms with E-state index in [1.807, 2.05) is 25.3 Å². The van der Waals surface area contributed by atoms with E-state index in [-0.39, 0.29) is 16.0 Å². The Morgan fingerprint density at radius 1 is 0.900 bits per heavy atom. The zero-order valence-corrected chi connectivity index (χ0v) is 23.9. The summed E-state index contributed by atoms with van der Waals surface area (Å²) >= 11 is 1.68. The van der Waals surface area contributed by atoms with Crippen LogP contribution in [0.3, 0.4) is 0 Å². The lowest BCUT2D eigenvalue weighted by Gasteiger charge is -2.40. The molecule has 0 fully saturated rings. The summed E-state index contributed by atoms with van der Waals surface area (Å²) in [6.07, 6.45) is 2.03. The summed E-state index contributed by atoms with van der Waals surface area (Å²) in [7, 11) is -4.22. The van der Waals surface area contributed by atoms with E-state index >= 15 is 0 Å². The second kappa shape index (κ2) is 9.69. The zero-order valence-electron chi connectivity index (χ0n) is 21.1. The van der Waals surface area contributed by atoms with Crippen LogP contribution in [0.5, 0.6) is 11.5 Å². The highest BCUT2D eigenvalue weighted by Gasteiger charge is 2.42. The molecule has 0 amide bonds. The van der Waals surface area contributed by atoms with Gasteiger partial charge in [0.15, 0.2) is 0 Å². The van der Waals surface area contributed by atoms with Gasteiger partial charge in [-0.3, -0.25) is 0 Å². The Bertz CT molecular complexity index is 747. The van der Waals surface area contributed by atoms with E-state index in [0.29, 0.717) is 23.7 Å². The van der Waals surface area contributed by atoms with Crippen LogP contribution in [0.25, 0.3) is 0 Å². The number of esters is 1. The van der Waals surface area contributed by atoms with E-state index in [2.05, 4.69) is 67.7 Å². The van der Waals surface area contributed by atoms with Crippen LogP contribution in [0.1, 0.15) is 64.4 Å². The molecular formula is C23H42O4SSi2. The minimum Gasteiger partial charge on any atom is -0.541 e. The van der Waals surface area contributed by atoms with Gasteiger partial charge in [0.2, 0.25) is 0 Å². The van der Waals surface area contributed by atoms with Gasteiger partial charge in [-0.25, -0.2) is 4.79 Å². The maximum atomic E-state index is 12.7. The van der Waals surface area contributed by atoms with Gasteiger partial charge in [-0.15, -0.1) is 0 Å². The van der Waals surface area contributed by atoms with Crippen LogP contribution >= 0.6 is 11.8 Å². The summed E-state index contributed by atoms with van der Waals surface area (Å²) in [5.74, 6) is 1.82. The number of ether oxygens (including phenoxy) is 1. The van der Waals surface area contributed by atoms with Crippen LogP contribution in [0.2, 0.25) is 36.3 Å². The van der Waals surface area contributed by atoms with Crippen molar-refractivity contribution in [2.75, 3.05) is 12.9 Å². The van der Waals surface area contributed by atoms with Gasteiger partial charge < -0.3 is 13.6 Å². The van der Waals surface area contributed by atoms with Gasteiger partial charge in [0.1, 0.15) is 11.5 Å². The van der Waals surface area contributed by atoms with Gasteiger partial charge in [-0.05, 0) is 67.1 Å². The number of thioether (sulfide) groups is 1. The second-order valence-electron chi connectivity index (χ2n) is 10.8. The zero-order chi connectivity index (χ0) is 23.5. The molecule has 1 aromatic rings. The van der Waals surface area contributed by atoms with Gasteiger partial charge in [0, 0.05) is 5.75 Å². The maximum Gasteiger partial charge on any atom is 0.338 e. The third-order valence-electron chi connectivity index (χ3n) is 6.31. The van der Waals surface area contributed by atoms with E-state index in [1.165, 1.54) is 0 Å². The molecule has 0 N–H and O–H groups in total. The monoisotopic (exact) mass is 470 g/mol. The van der Waals surface area contributed by atoms with Crippen molar-refractivity contribution in [3.63, 3.8) is 0 Å². The molecule has 0 aliphatic heterocycles. The molecule has 172 valence electrons. The maximum absolute atomic E-state index is 12.7. The Kier molecular flexibility index (Phi) is 8.76. The van der Waals surface area contributed by atoms with Gasteiger partial charge in [0.05, 0.1) is 12.2 Å². The highest BCUT2D eigenvalue weighted by Crippen LogP contribution is 2.44. The summed E-state index contributed by atoms with van der Waals surface area (Å²) in [4.78, 5) is 12.7. The van der Waals surface area contributed by atoms with Crippen molar-refractivity contribution < 1.29 is 18.4 Å². The molecule has 0 heterocycles. The Morgan fingerprint density at radius 2 is 1.33 bits per heavy atom. The van der Waals surface area contributed by atoms with Crippen molar-refractivity contribution in [1.29, 1.82) is 0 Å². The summed E-state index contributed by atoms with van der Waals surface area (Å²) in [6, 6.07) is 3.86. The normalized spacial score (nSPS) is 13.2. The van der Waals surface area contributed by atoms with Crippen LogP contribution in [0, 0.1) is 0 Å². The minimum absolute atomic E-state index is 0.0310. The minimum atomic E-state index is -2.13. The Balaban J connectivity index is 3.66. The van der Waals surface area contributed by atoms with Crippen LogP contribution in [-0.4, -0.2) is 35.5 Å². The van der Waals surface area contributed by atoms with E-state index in [0.717, 1.165) is 11.3 Å². The number of rotatable bonds is 8. The molecule has 0 aromatic heterocycles. The lowest BCUT2D eigenvalue weighted by Crippen LogP contribution is -2.45. The van der Waals surface area contributed by atoms with Crippen LogP contribution in [0.15, 0.2) is 12.1 Å². The fourth-order valence-corrected chi connectivity index (χ4v) is 4.87. The molecule has 1 aromatic carbocycles. The number of benzene rings is 1. The molecule has 4 nitrogen and oxygen atoms in total. The molecule has 0 saturated heterocycles. The molecule has 0 aliphatic carbocycles. The third kappa shape index (κ3) is 6.53. The first-order valence-corrected chi connectivity index (χ1v) is 17.9. The van der Waals surface area contributed by atoms with Gasteiger partial charge in [-0.1, -0.05) is 41.5 Å². The van der Waals surface area contributed by atoms with E-state index in [4.69, 9.17) is 13.6 Å². The first-order chi connectivity index (χ1) is 13.5. The van der Waals surface area contributed by atoms with Crippen molar-refractivity contribution >= 4 is 34.4 Å². The van der Waals surface area contributed by atoms with Crippen LogP contribution < -0.4 is 8.85 Å². The Hall–Kier alpha value is -0.926. The summed E-state index contributed by atoms with van der Waals surface area (Å²) in [6.45, 7) is 24.4. The predicted molar refractivity (Wildman–Crippen MR) is 135 cm³/mol. The van der Waals surface area contributed by atoms with Gasteiger partial charge >= 0.3 is 5.97 Å². The molecule has 0 aliphatic rings. The van der Waals surface area contributed by atoms with Gasteiger partial charge in [0.25, 0.3) is 16.6 Å². The quantitative estimate of drug-likeness (QED) is 0.291. The van der Waals surface area contributed by atoms with Crippen LogP contribution in [-0.2, 0) is 10.5 Å². The van der Waals surface area contributed by atoms with Crippen LogP contribution in [0.4, 0.5) is 0 Å². The van der Waals surface area contributed by atoms with E-state index in [9.17, 15) is 4.79 Å². The number of carbonyl (C=O) groups is 1. The average molecular weight is 471 g/mol. The Morgan fingerprint density at radius 3 is 1.70 bits per heavy atom. The Labute approximate surface area is 190 Å². The molecular weight excluding hydrogens is 428 g/mol. The first-order valence-electron chi connectivity index (χ1n) is 10.7. The highest BCUT2D eigenvalue weighted by atomic mass is 32.2. The fraction of sp³-hybridized carbons (Fsp3) is 0.696. The molecule has 0 spiro atoms. The van der Waals surface area contributed by atoms with Crippen molar-refractivity contribution in [3.8, 4) is 11.5 Å². The molecule has 1 rings (SSSR count). The second-order valence-corrected chi connectivity index (χ2v) is 21.1. The number of carbonyl (C=O) groups excluding carboxylic acids is 1. The average Bonchev–Trinajstić information content (AvgIpc) is 2.54. The third-order valence-corrected chi connectivity index (χ3v) is 15.6. The molecule has 0 bridgehead atoms. The molecule has 0 atom stereocenters. The lowest BCUT2D eigenvalue weighted by atomic mass is 10.1. The summed E-state index contributed by atoms with van der Waals surface area (Å²) in [5.41, 5.74) is 1.50. The number of hydrogen-bond acceptors (Lipinski definition) is 5. The van der Waals surface area contributed by atoms with Crippen molar-refractivity contribution in [1.82, 2.24) is 0 Å². The smallest absolute Gasteiger partial charge is 0.338 e. The van der Waals surface area contributed by atoms with Crippen molar-refractivity contribution in [2.24, 2.45) is 0 Å². The predicted octanol–water partition coefficient (Wildman–Crippen LogP) is 7.49. The van der Waals surface area contributed by atoms with E-state index < -0.39 is 16.6 Å². The standard InChI is InChI=1S/C23H42O4SSi2/c1-13-25-21(24)18-15-20(27-30(11,12)23(5,6)7)19(14-17(18)16-28-8)26-29(9,10)22(2,3)4/h14-15H,13,16H2,1-12H3. The van der Waals surface area contributed by atoms with Crippen molar-refractivity contribution in [3.05, 3.63) is 23.3 Å².